The Labute approximate surface area is 160 Å². The van der Waals surface area contributed by atoms with Gasteiger partial charge in [-0.25, -0.2) is 9.55 Å². The number of nitrogens with zero attached hydrogens (tertiary/aromatic N) is 3. The van der Waals surface area contributed by atoms with Gasteiger partial charge in [-0.05, 0) is 42.9 Å². The lowest BCUT2D eigenvalue weighted by atomic mass is 10.1. The van der Waals surface area contributed by atoms with Crippen LogP contribution in [0, 0.1) is 4.77 Å². The Morgan fingerprint density at radius 2 is 2.04 bits per heavy atom. The smallest absolute Gasteiger partial charge is 0.257 e. The van der Waals surface area contributed by atoms with Crippen molar-refractivity contribution < 1.29 is 9.59 Å². The predicted molar refractivity (Wildman–Crippen MR) is 104 cm³/mol. The monoisotopic (exact) mass is 379 g/mol. The molecule has 1 atom stereocenters. The zero-order chi connectivity index (χ0) is 18.8. The lowest BCUT2D eigenvalue weighted by molar-refractivity contribution is -0.121. The van der Waals surface area contributed by atoms with Crippen LogP contribution in [0.15, 0.2) is 48.7 Å². The third-order valence-electron chi connectivity index (χ3n) is 4.47. The first kappa shape index (κ1) is 17.3. The van der Waals surface area contributed by atoms with Crippen LogP contribution < -0.4 is 10.6 Å². The first-order valence-electron chi connectivity index (χ1n) is 8.62. The number of amides is 1. The van der Waals surface area contributed by atoms with E-state index in [1.165, 1.54) is 4.57 Å². The largest absolute Gasteiger partial charge is 0.359 e. The number of hydrogen-bond donors (Lipinski definition) is 2. The van der Waals surface area contributed by atoms with Gasteiger partial charge in [-0.2, -0.15) is 0 Å². The number of para-hydroxylation sites is 1. The van der Waals surface area contributed by atoms with Crippen molar-refractivity contribution in [3.63, 3.8) is 0 Å². The third kappa shape index (κ3) is 3.43. The first-order valence-corrected chi connectivity index (χ1v) is 9.03. The fraction of sp³-hybridized carbons (Fsp3) is 0.211. The molecular formula is C19H17N5O2S. The average molecular weight is 379 g/mol. The summed E-state index contributed by atoms with van der Waals surface area (Å²) in [5, 5.41) is 6.87. The molecule has 0 saturated carbocycles. The highest BCUT2D eigenvalue weighted by atomic mass is 32.1. The van der Waals surface area contributed by atoms with Crippen LogP contribution in [0.5, 0.6) is 0 Å². The number of carbonyl (C=O) groups is 2. The van der Waals surface area contributed by atoms with Gasteiger partial charge in [0, 0.05) is 18.0 Å². The van der Waals surface area contributed by atoms with E-state index in [1.807, 2.05) is 42.5 Å². The molecule has 1 aliphatic heterocycles. The van der Waals surface area contributed by atoms with E-state index in [9.17, 15) is 9.59 Å². The van der Waals surface area contributed by atoms with Crippen molar-refractivity contribution in [2.24, 2.45) is 0 Å². The molecule has 1 amide bonds. The van der Waals surface area contributed by atoms with E-state index < -0.39 is 6.04 Å². The summed E-state index contributed by atoms with van der Waals surface area (Å²) in [6.07, 6.45) is 2.28. The molecule has 0 spiro atoms. The van der Waals surface area contributed by atoms with Crippen molar-refractivity contribution in [2.75, 3.05) is 5.32 Å². The second kappa shape index (κ2) is 7.24. The van der Waals surface area contributed by atoms with E-state index in [2.05, 4.69) is 20.6 Å². The first-order chi connectivity index (χ1) is 13.1. The number of hydrogen-bond acceptors (Lipinski definition) is 6. The highest BCUT2D eigenvalue weighted by Crippen LogP contribution is 2.28. The van der Waals surface area contributed by atoms with Gasteiger partial charge >= 0.3 is 0 Å². The Hall–Kier alpha value is -3.13. The lowest BCUT2D eigenvalue weighted by Crippen LogP contribution is -2.29. The van der Waals surface area contributed by atoms with Crippen LogP contribution in [-0.2, 0) is 11.3 Å². The molecular weight excluding hydrogens is 362 g/mol. The van der Waals surface area contributed by atoms with Crippen LogP contribution in [-0.4, -0.2) is 32.4 Å². The number of rotatable bonds is 5. The van der Waals surface area contributed by atoms with Gasteiger partial charge in [0.15, 0.2) is 0 Å². The van der Waals surface area contributed by atoms with Gasteiger partial charge in [0.25, 0.3) is 5.91 Å². The zero-order valence-corrected chi connectivity index (χ0v) is 15.2. The predicted octanol–water partition coefficient (Wildman–Crippen LogP) is 2.69. The summed E-state index contributed by atoms with van der Waals surface area (Å²) < 4.78 is 1.65. The van der Waals surface area contributed by atoms with Crippen molar-refractivity contribution in [3.8, 4) is 0 Å². The molecule has 8 heteroatoms. The van der Waals surface area contributed by atoms with E-state index in [-0.39, 0.29) is 23.0 Å². The van der Waals surface area contributed by atoms with Crippen molar-refractivity contribution in [1.29, 1.82) is 0 Å². The number of fused-ring (bicyclic) bond motifs is 3. The molecule has 3 aromatic rings. The molecule has 3 heterocycles. The Kier molecular flexibility index (Phi) is 4.64. The van der Waals surface area contributed by atoms with Crippen LogP contribution in [0.4, 0.5) is 5.82 Å². The zero-order valence-electron chi connectivity index (χ0n) is 14.4. The highest BCUT2D eigenvalue weighted by molar-refractivity contribution is 7.71. The molecule has 1 aromatic carbocycles. The van der Waals surface area contributed by atoms with Crippen molar-refractivity contribution in [1.82, 2.24) is 19.9 Å². The third-order valence-corrected chi connectivity index (χ3v) is 4.75. The maximum atomic E-state index is 12.7. The van der Waals surface area contributed by atoms with Gasteiger partial charge in [-0.3, -0.25) is 14.6 Å². The topological polar surface area (TPSA) is 88.9 Å². The molecule has 27 heavy (non-hydrogen) atoms. The summed E-state index contributed by atoms with van der Waals surface area (Å²) in [6.45, 7) is 0.367. The number of nitrogens with one attached hydrogen (secondary N) is 2. The fourth-order valence-corrected chi connectivity index (χ4v) is 3.40. The van der Waals surface area contributed by atoms with Crippen LogP contribution in [0.2, 0.25) is 0 Å². The van der Waals surface area contributed by atoms with Crippen LogP contribution in [0.3, 0.4) is 0 Å². The maximum absolute atomic E-state index is 12.7. The molecule has 0 aliphatic carbocycles. The van der Waals surface area contributed by atoms with Gasteiger partial charge in [-0.15, -0.1) is 0 Å². The Morgan fingerprint density at radius 3 is 2.85 bits per heavy atom. The number of aromatic nitrogens is 3. The van der Waals surface area contributed by atoms with Crippen molar-refractivity contribution in [2.45, 2.75) is 25.4 Å². The average Bonchev–Trinajstić information content (AvgIpc) is 3.03. The summed E-state index contributed by atoms with van der Waals surface area (Å²) in [5.41, 5.74) is 1.53. The summed E-state index contributed by atoms with van der Waals surface area (Å²) in [6, 6.07) is 12.6. The molecule has 7 nitrogen and oxygen atoms in total. The van der Waals surface area contributed by atoms with Gasteiger partial charge in [0.05, 0.1) is 17.8 Å². The van der Waals surface area contributed by atoms with Crippen LogP contribution >= 0.6 is 12.2 Å². The van der Waals surface area contributed by atoms with Crippen LogP contribution in [0.1, 0.15) is 23.3 Å². The molecule has 2 N–H and O–H groups in total. The van der Waals surface area contributed by atoms with Crippen LogP contribution in [0.25, 0.3) is 10.9 Å². The SMILES string of the molecule is O=C(CC[C@H]1Nc2c3ccccc3nc(=S)n2C1=O)NCc1ccccn1. The lowest BCUT2D eigenvalue weighted by Gasteiger charge is -2.09. The van der Waals surface area contributed by atoms with E-state index >= 15 is 0 Å². The Morgan fingerprint density at radius 1 is 1.22 bits per heavy atom. The molecule has 2 aromatic heterocycles. The minimum atomic E-state index is -0.500. The number of pyridine rings is 1. The highest BCUT2D eigenvalue weighted by Gasteiger charge is 2.31. The van der Waals surface area contributed by atoms with E-state index in [0.717, 1.165) is 16.6 Å². The summed E-state index contributed by atoms with van der Waals surface area (Å²) in [4.78, 5) is 33.3. The van der Waals surface area contributed by atoms with Gasteiger partial charge in [0.1, 0.15) is 11.9 Å². The molecule has 136 valence electrons. The molecule has 0 saturated heterocycles. The van der Waals surface area contributed by atoms with Crippen molar-refractivity contribution in [3.05, 3.63) is 59.1 Å². The second-order valence-corrected chi connectivity index (χ2v) is 6.63. The van der Waals surface area contributed by atoms with Crippen molar-refractivity contribution >= 4 is 40.8 Å². The molecule has 0 bridgehead atoms. The molecule has 1 aliphatic rings. The minimum absolute atomic E-state index is 0.127. The second-order valence-electron chi connectivity index (χ2n) is 6.27. The molecule has 0 fully saturated rings. The number of carbonyl (C=O) groups excluding carboxylic acids is 2. The minimum Gasteiger partial charge on any atom is -0.359 e. The summed E-state index contributed by atoms with van der Waals surface area (Å²) >= 11 is 5.27. The Balaban J connectivity index is 1.43. The molecule has 0 radical (unpaired) electrons. The molecule has 0 unspecified atom stereocenters. The van der Waals surface area contributed by atoms with Gasteiger partial charge < -0.3 is 10.6 Å². The van der Waals surface area contributed by atoms with E-state index in [4.69, 9.17) is 12.2 Å². The maximum Gasteiger partial charge on any atom is 0.257 e. The number of benzene rings is 1. The fourth-order valence-electron chi connectivity index (χ4n) is 3.12. The van der Waals surface area contributed by atoms with Gasteiger partial charge in [-0.1, -0.05) is 18.2 Å². The quantitative estimate of drug-likeness (QED) is 0.663. The summed E-state index contributed by atoms with van der Waals surface area (Å²) in [7, 11) is 0. The standard InChI is InChI=1S/C19H17N5O2S/c25-16(21-11-12-5-3-4-10-20-12)9-8-15-18(26)24-17(22-15)13-6-1-2-7-14(13)23-19(24)27/h1-7,10,15,22H,8-9,11H2,(H,21,25)/t15-/m1/s1. The normalized spacial score (nSPS) is 15.4. The summed E-state index contributed by atoms with van der Waals surface area (Å²) in [5.74, 6) is 0.345. The Bertz CT molecular complexity index is 1080. The number of anilines is 1. The van der Waals surface area contributed by atoms with E-state index in [0.29, 0.717) is 18.8 Å². The van der Waals surface area contributed by atoms with Gasteiger partial charge in [0.2, 0.25) is 10.7 Å². The molecule has 4 rings (SSSR count). The van der Waals surface area contributed by atoms with E-state index in [1.54, 1.807) is 6.20 Å².